The van der Waals surface area contributed by atoms with Crippen LogP contribution in [0.1, 0.15) is 67.0 Å². The van der Waals surface area contributed by atoms with E-state index in [9.17, 15) is 9.59 Å². The summed E-state index contributed by atoms with van der Waals surface area (Å²) in [5.74, 6) is 0.990. The number of methoxy groups -OCH3 is 1. The maximum Gasteiger partial charge on any atom is 0.275 e. The molecule has 2 aromatic heterocycles. The molecule has 1 amide bonds. The SMILES string of the molecule is CC.CC.COc1ccc(-n2cc(C(=O)Nc3ccc(C(C)=O)nc3)nc2C)c(C)c1. The summed E-state index contributed by atoms with van der Waals surface area (Å²) in [4.78, 5) is 32.2. The van der Waals surface area contributed by atoms with Gasteiger partial charge in [0.25, 0.3) is 5.91 Å². The number of benzene rings is 1. The monoisotopic (exact) mass is 424 g/mol. The molecule has 0 unspecified atom stereocenters. The molecule has 1 N–H and O–H groups in total. The first-order valence-electron chi connectivity index (χ1n) is 10.4. The minimum absolute atomic E-state index is 0.128. The van der Waals surface area contributed by atoms with Gasteiger partial charge < -0.3 is 14.6 Å². The van der Waals surface area contributed by atoms with Crippen molar-refractivity contribution in [2.45, 2.75) is 48.5 Å². The predicted octanol–water partition coefficient (Wildman–Crippen LogP) is 5.40. The van der Waals surface area contributed by atoms with Crippen LogP contribution in [0.2, 0.25) is 0 Å². The summed E-state index contributed by atoms with van der Waals surface area (Å²) in [7, 11) is 1.62. The number of pyridine rings is 1. The molecule has 31 heavy (non-hydrogen) atoms. The van der Waals surface area contributed by atoms with Gasteiger partial charge >= 0.3 is 0 Å². The molecular weight excluding hydrogens is 392 g/mol. The van der Waals surface area contributed by atoms with Crippen molar-refractivity contribution >= 4 is 17.4 Å². The van der Waals surface area contributed by atoms with Gasteiger partial charge in [0, 0.05) is 18.8 Å². The minimum atomic E-state index is -0.347. The number of carbonyl (C=O) groups excluding carboxylic acids is 2. The molecule has 0 saturated heterocycles. The third-order valence-corrected chi connectivity index (χ3v) is 4.16. The quantitative estimate of drug-likeness (QED) is 0.554. The third kappa shape index (κ3) is 6.50. The number of amides is 1. The van der Waals surface area contributed by atoms with Crippen molar-refractivity contribution in [3.8, 4) is 11.4 Å². The van der Waals surface area contributed by atoms with E-state index in [0.717, 1.165) is 17.0 Å². The molecule has 1 aromatic carbocycles. The van der Waals surface area contributed by atoms with Crippen LogP contribution in [0.4, 0.5) is 5.69 Å². The molecule has 7 heteroatoms. The normalized spacial score (nSPS) is 9.55. The lowest BCUT2D eigenvalue weighted by Gasteiger charge is -2.10. The summed E-state index contributed by atoms with van der Waals surface area (Å²) < 4.78 is 7.09. The largest absolute Gasteiger partial charge is 0.497 e. The van der Waals surface area contributed by atoms with Crippen molar-refractivity contribution in [3.63, 3.8) is 0 Å². The van der Waals surface area contributed by atoms with Crippen LogP contribution in [0.15, 0.2) is 42.7 Å². The molecule has 3 aromatic rings. The second kappa shape index (κ2) is 12.3. The summed E-state index contributed by atoms with van der Waals surface area (Å²) in [6.07, 6.45) is 3.14. The summed E-state index contributed by atoms with van der Waals surface area (Å²) in [5, 5.41) is 2.74. The molecule has 2 heterocycles. The number of nitrogens with one attached hydrogen (secondary N) is 1. The second-order valence-electron chi connectivity index (χ2n) is 6.14. The highest BCUT2D eigenvalue weighted by Crippen LogP contribution is 2.22. The van der Waals surface area contributed by atoms with Gasteiger partial charge in [-0.2, -0.15) is 0 Å². The molecule has 0 aliphatic carbocycles. The summed E-state index contributed by atoms with van der Waals surface area (Å²) in [6.45, 7) is 13.3. The standard InChI is InChI=1S/C20H20N4O3.2C2H6/c1-12-9-16(27-4)6-8-19(12)24-11-18(22-14(24)3)20(26)23-15-5-7-17(13(2)25)21-10-15;2*1-2/h5-11H,1-4H3,(H,23,26);2*1-2H3. The topological polar surface area (TPSA) is 86.1 Å². The number of hydrogen-bond acceptors (Lipinski definition) is 5. The van der Waals surface area contributed by atoms with E-state index in [1.54, 1.807) is 25.4 Å². The predicted molar refractivity (Wildman–Crippen MR) is 124 cm³/mol. The first kappa shape index (κ1) is 25.6. The molecule has 3 rings (SSSR count). The van der Waals surface area contributed by atoms with Gasteiger partial charge in [-0.05, 0) is 49.7 Å². The van der Waals surface area contributed by atoms with E-state index < -0.39 is 0 Å². The van der Waals surface area contributed by atoms with Crippen LogP contribution in [0.3, 0.4) is 0 Å². The van der Waals surface area contributed by atoms with Crippen molar-refractivity contribution in [2.75, 3.05) is 12.4 Å². The Morgan fingerprint density at radius 2 is 1.68 bits per heavy atom. The number of nitrogens with zero attached hydrogens (tertiary/aromatic N) is 3. The highest BCUT2D eigenvalue weighted by molar-refractivity contribution is 6.03. The van der Waals surface area contributed by atoms with Crippen LogP contribution in [0.25, 0.3) is 5.69 Å². The van der Waals surface area contributed by atoms with Gasteiger partial charge in [0.2, 0.25) is 0 Å². The van der Waals surface area contributed by atoms with Crippen molar-refractivity contribution in [1.29, 1.82) is 0 Å². The van der Waals surface area contributed by atoms with E-state index in [4.69, 9.17) is 4.74 Å². The van der Waals surface area contributed by atoms with E-state index in [-0.39, 0.29) is 11.7 Å². The molecule has 7 nitrogen and oxygen atoms in total. The Labute approximate surface area is 184 Å². The number of carbonyl (C=O) groups is 2. The van der Waals surface area contributed by atoms with E-state index in [2.05, 4.69) is 15.3 Å². The number of ketones is 1. The van der Waals surface area contributed by atoms with E-state index in [0.29, 0.717) is 22.9 Å². The van der Waals surface area contributed by atoms with Crippen molar-refractivity contribution < 1.29 is 14.3 Å². The molecule has 0 saturated carbocycles. The fraction of sp³-hybridized carbons (Fsp3) is 0.333. The fourth-order valence-corrected chi connectivity index (χ4v) is 2.72. The smallest absolute Gasteiger partial charge is 0.275 e. The Hall–Kier alpha value is -3.48. The lowest BCUT2D eigenvalue weighted by molar-refractivity contribution is 0.101. The van der Waals surface area contributed by atoms with Crippen LogP contribution in [-0.2, 0) is 0 Å². The Kier molecular flexibility index (Phi) is 10.1. The number of hydrogen-bond donors (Lipinski definition) is 1. The molecular formula is C24H32N4O3. The minimum Gasteiger partial charge on any atom is -0.497 e. The number of aryl methyl sites for hydroxylation is 2. The van der Waals surface area contributed by atoms with Crippen molar-refractivity contribution in [3.05, 3.63) is 65.5 Å². The van der Waals surface area contributed by atoms with Gasteiger partial charge in [-0.25, -0.2) is 4.98 Å². The van der Waals surface area contributed by atoms with Gasteiger partial charge in [0.1, 0.15) is 23.0 Å². The zero-order valence-corrected chi connectivity index (χ0v) is 19.6. The van der Waals surface area contributed by atoms with E-state index >= 15 is 0 Å². The Balaban J connectivity index is 0.00000113. The Morgan fingerprint density at radius 1 is 1.00 bits per heavy atom. The lowest BCUT2D eigenvalue weighted by atomic mass is 10.2. The summed E-state index contributed by atoms with van der Waals surface area (Å²) in [5.41, 5.74) is 3.07. The zero-order chi connectivity index (χ0) is 23.6. The number of imidazole rings is 1. The molecule has 166 valence electrons. The van der Waals surface area contributed by atoms with E-state index in [1.807, 2.05) is 64.3 Å². The van der Waals surface area contributed by atoms with Gasteiger partial charge in [-0.15, -0.1) is 0 Å². The first-order chi connectivity index (χ1) is 14.9. The van der Waals surface area contributed by atoms with Crippen molar-refractivity contribution in [1.82, 2.24) is 14.5 Å². The number of rotatable bonds is 5. The maximum absolute atomic E-state index is 12.5. The lowest BCUT2D eigenvalue weighted by Crippen LogP contribution is -2.13. The number of ether oxygens (including phenoxy) is 1. The Bertz CT molecular complexity index is 1010. The molecule has 0 radical (unpaired) electrons. The molecule has 0 aliphatic heterocycles. The fourth-order valence-electron chi connectivity index (χ4n) is 2.72. The maximum atomic E-state index is 12.5. The second-order valence-corrected chi connectivity index (χ2v) is 6.14. The van der Waals surface area contributed by atoms with Crippen LogP contribution in [0.5, 0.6) is 5.75 Å². The summed E-state index contributed by atoms with van der Waals surface area (Å²) in [6, 6.07) is 8.93. The molecule has 0 atom stereocenters. The number of anilines is 1. The van der Waals surface area contributed by atoms with Crippen LogP contribution >= 0.6 is 0 Å². The van der Waals surface area contributed by atoms with Gasteiger partial charge in [0.15, 0.2) is 5.78 Å². The summed E-state index contributed by atoms with van der Waals surface area (Å²) >= 11 is 0. The molecule has 0 spiro atoms. The molecule has 0 aliphatic rings. The van der Waals surface area contributed by atoms with Gasteiger partial charge in [-0.1, -0.05) is 27.7 Å². The van der Waals surface area contributed by atoms with Crippen molar-refractivity contribution in [2.24, 2.45) is 0 Å². The zero-order valence-electron chi connectivity index (χ0n) is 19.6. The molecule has 0 fully saturated rings. The molecule has 0 bridgehead atoms. The Morgan fingerprint density at radius 3 is 2.19 bits per heavy atom. The van der Waals surface area contributed by atoms with Gasteiger partial charge in [0.05, 0.1) is 19.0 Å². The highest BCUT2D eigenvalue weighted by Gasteiger charge is 2.15. The first-order valence-corrected chi connectivity index (χ1v) is 10.4. The van der Waals surface area contributed by atoms with Crippen LogP contribution in [0, 0.1) is 13.8 Å². The van der Waals surface area contributed by atoms with Crippen LogP contribution < -0.4 is 10.1 Å². The number of aromatic nitrogens is 3. The van der Waals surface area contributed by atoms with E-state index in [1.165, 1.54) is 13.1 Å². The average Bonchev–Trinajstić information content (AvgIpc) is 3.18. The van der Waals surface area contributed by atoms with Crippen LogP contribution in [-0.4, -0.2) is 33.3 Å². The average molecular weight is 425 g/mol. The third-order valence-electron chi connectivity index (χ3n) is 4.16. The highest BCUT2D eigenvalue weighted by atomic mass is 16.5. The van der Waals surface area contributed by atoms with Gasteiger partial charge in [-0.3, -0.25) is 14.6 Å². The number of Topliss-reactive ketones (excluding diaryl/α,β-unsaturated/α-hetero) is 1.